The summed E-state index contributed by atoms with van der Waals surface area (Å²) in [6, 6.07) is 10.0. The number of allylic oxidation sites excluding steroid dienone is 4. The molecule has 0 bridgehead atoms. The first-order chi connectivity index (χ1) is 22.8. The van der Waals surface area contributed by atoms with E-state index >= 15 is 0 Å². The van der Waals surface area contributed by atoms with Crippen LogP contribution in [0.1, 0.15) is 137 Å². The summed E-state index contributed by atoms with van der Waals surface area (Å²) in [6.07, 6.45) is 22.1. The molecule has 4 fully saturated rings. The summed E-state index contributed by atoms with van der Waals surface area (Å²) in [4.78, 5) is 12.9. The van der Waals surface area contributed by atoms with Crippen molar-refractivity contribution in [3.05, 3.63) is 59.2 Å². The smallest absolute Gasteiger partial charge is 0.309 e. The van der Waals surface area contributed by atoms with Gasteiger partial charge in [-0.05, 0) is 166 Å². The molecule has 4 nitrogen and oxygen atoms in total. The predicted molar refractivity (Wildman–Crippen MR) is 195 cm³/mol. The van der Waals surface area contributed by atoms with Crippen molar-refractivity contribution < 1.29 is 14.6 Å². The molecule has 48 heavy (non-hydrogen) atoms. The molecule has 1 aromatic carbocycles. The number of hydrogen-bond donors (Lipinski definition) is 2. The van der Waals surface area contributed by atoms with E-state index in [1.165, 1.54) is 69.8 Å². The predicted octanol–water partition coefficient (Wildman–Crippen LogP) is 9.96. The molecule has 0 radical (unpaired) electrons. The summed E-state index contributed by atoms with van der Waals surface area (Å²) in [5.41, 5.74) is 5.03. The molecule has 4 saturated carbocycles. The van der Waals surface area contributed by atoms with Crippen LogP contribution in [0.3, 0.4) is 0 Å². The van der Waals surface area contributed by atoms with Crippen LogP contribution in [0.4, 0.5) is 0 Å². The molecule has 0 heterocycles. The van der Waals surface area contributed by atoms with E-state index in [0.717, 1.165) is 61.5 Å². The topological polar surface area (TPSA) is 58.6 Å². The average Bonchev–Trinajstić information content (AvgIpc) is 3.48. The summed E-state index contributed by atoms with van der Waals surface area (Å²) in [6.45, 7) is 15.9. The lowest BCUT2D eigenvalue weighted by molar-refractivity contribution is -0.212. The zero-order valence-corrected chi connectivity index (χ0v) is 31.1. The van der Waals surface area contributed by atoms with Gasteiger partial charge in [0.2, 0.25) is 0 Å². The van der Waals surface area contributed by atoms with Gasteiger partial charge < -0.3 is 15.2 Å². The van der Waals surface area contributed by atoms with Crippen LogP contribution in [0, 0.1) is 51.8 Å². The lowest BCUT2D eigenvalue weighted by Gasteiger charge is -2.71. The lowest BCUT2D eigenvalue weighted by atomic mass is 9.34. The highest BCUT2D eigenvalue weighted by Gasteiger charge is 2.68. The van der Waals surface area contributed by atoms with Gasteiger partial charge in [-0.15, -0.1) is 0 Å². The molecule has 0 aromatic heterocycles. The number of aliphatic hydroxyl groups is 1. The van der Waals surface area contributed by atoms with Gasteiger partial charge >= 0.3 is 5.97 Å². The quantitative estimate of drug-likeness (QED) is 0.274. The monoisotopic (exact) mass is 655 g/mol. The average molecular weight is 656 g/mol. The minimum absolute atomic E-state index is 0.0145. The Kier molecular flexibility index (Phi) is 9.13. The molecule has 0 aliphatic heterocycles. The maximum absolute atomic E-state index is 12.9. The maximum Gasteiger partial charge on any atom is 0.309 e. The number of ether oxygens (including phenoxy) is 1. The van der Waals surface area contributed by atoms with Crippen LogP contribution in [-0.2, 0) is 16.1 Å². The van der Waals surface area contributed by atoms with Gasteiger partial charge in [0.1, 0.15) is 6.61 Å². The summed E-state index contributed by atoms with van der Waals surface area (Å²) in [5, 5.41) is 14.5. The van der Waals surface area contributed by atoms with Crippen LogP contribution >= 0.6 is 0 Å². The largest absolute Gasteiger partial charge is 0.461 e. The first-order valence-electron chi connectivity index (χ1n) is 19.9. The third-order valence-corrected chi connectivity index (χ3v) is 16.1. The molecule has 10 atom stereocenters. The highest BCUT2D eigenvalue weighted by Crippen LogP contribution is 2.75. The van der Waals surface area contributed by atoms with E-state index in [4.69, 9.17) is 4.74 Å². The Bertz CT molecular complexity index is 1410. The first-order valence-corrected chi connectivity index (χ1v) is 19.9. The number of esters is 1. The van der Waals surface area contributed by atoms with Crippen molar-refractivity contribution in [3.8, 4) is 0 Å². The molecule has 7 rings (SSSR count). The fourth-order valence-corrected chi connectivity index (χ4v) is 13.3. The second-order valence-corrected chi connectivity index (χ2v) is 18.8. The molecule has 264 valence electrons. The van der Waals surface area contributed by atoms with Gasteiger partial charge in [-0.1, -0.05) is 76.6 Å². The van der Waals surface area contributed by atoms with Gasteiger partial charge in [0.05, 0.1) is 11.5 Å². The number of carbonyl (C=O) groups is 1. The Balaban J connectivity index is 1.04. The maximum atomic E-state index is 12.9. The van der Waals surface area contributed by atoms with E-state index in [0.29, 0.717) is 34.3 Å². The zero-order chi connectivity index (χ0) is 34.0. The van der Waals surface area contributed by atoms with Crippen molar-refractivity contribution in [2.45, 2.75) is 149 Å². The Morgan fingerprint density at radius 3 is 2.44 bits per heavy atom. The van der Waals surface area contributed by atoms with E-state index < -0.39 is 5.60 Å². The second kappa shape index (κ2) is 12.7. The number of rotatable bonds is 8. The Morgan fingerprint density at radius 1 is 0.917 bits per heavy atom. The molecule has 0 spiro atoms. The van der Waals surface area contributed by atoms with Gasteiger partial charge in [0.25, 0.3) is 0 Å². The van der Waals surface area contributed by atoms with Crippen LogP contribution in [0.5, 0.6) is 0 Å². The van der Waals surface area contributed by atoms with Gasteiger partial charge in [-0.3, -0.25) is 4.79 Å². The third kappa shape index (κ3) is 5.77. The molecule has 6 aliphatic rings. The molecule has 0 amide bonds. The van der Waals surface area contributed by atoms with Gasteiger partial charge in [0, 0.05) is 5.54 Å². The summed E-state index contributed by atoms with van der Waals surface area (Å²) >= 11 is 0. The molecule has 0 saturated heterocycles. The summed E-state index contributed by atoms with van der Waals surface area (Å²) in [5.74, 6) is 3.66. The molecule has 7 unspecified atom stereocenters. The Labute approximate surface area is 292 Å². The van der Waals surface area contributed by atoms with Crippen LogP contribution in [0.15, 0.2) is 53.6 Å². The van der Waals surface area contributed by atoms with E-state index in [1.54, 1.807) is 5.57 Å². The summed E-state index contributed by atoms with van der Waals surface area (Å²) in [7, 11) is 0. The minimum Gasteiger partial charge on any atom is -0.461 e. The van der Waals surface area contributed by atoms with E-state index in [2.05, 4.69) is 45.2 Å². The molecular formula is C44H65NO3. The fraction of sp³-hybridized carbons (Fsp3) is 0.750. The van der Waals surface area contributed by atoms with Gasteiger partial charge in [0.15, 0.2) is 0 Å². The normalized spacial score (nSPS) is 42.4. The second-order valence-electron chi connectivity index (χ2n) is 18.8. The molecular weight excluding hydrogens is 590 g/mol. The van der Waals surface area contributed by atoms with Crippen molar-refractivity contribution in [3.63, 3.8) is 0 Å². The Hall–Kier alpha value is -1.91. The standard InChI is InChI=1S/C44H65NO3/c1-30-34(32-14-16-33(17-15-32)39(46)48-29-31-11-8-7-9-12-31)20-23-41(4)35(30)21-24-43(6)38(41)19-18-36-37-13-10-22-44(37,26-25-42(36,43)5)45-28-27-40(2,3)47/h7-9,11-12,14,20,30,33,35-38,45,47H,10,13,15-19,21-29H2,1-6H3/t30?,33?,35?,36?,37-,38?,41?,42-,43-,44?/m1/s1. The van der Waals surface area contributed by atoms with Crippen molar-refractivity contribution >= 4 is 5.97 Å². The highest BCUT2D eigenvalue weighted by molar-refractivity contribution is 5.73. The SMILES string of the molecule is CC1C(C2=CCC(C(=O)OCc3ccccc3)CC2)=CCC2(C)C1CC[C@]1(C)C2CCC2[C@H]3CCCC3(NCCC(C)(C)O)CC[C@]21C. The number of nitrogens with one attached hydrogen (secondary N) is 1. The number of hydrogen-bond acceptors (Lipinski definition) is 4. The van der Waals surface area contributed by atoms with Gasteiger partial charge in [-0.25, -0.2) is 0 Å². The van der Waals surface area contributed by atoms with Crippen molar-refractivity contribution in [1.29, 1.82) is 0 Å². The van der Waals surface area contributed by atoms with E-state index in [-0.39, 0.29) is 11.9 Å². The molecule has 2 N–H and O–H groups in total. The molecule has 1 aromatic rings. The highest BCUT2D eigenvalue weighted by atomic mass is 16.5. The first kappa shape index (κ1) is 34.5. The van der Waals surface area contributed by atoms with Crippen molar-refractivity contribution in [2.24, 2.45) is 51.8 Å². The Morgan fingerprint density at radius 2 is 1.71 bits per heavy atom. The van der Waals surface area contributed by atoms with Crippen LogP contribution in [0.2, 0.25) is 0 Å². The lowest BCUT2D eigenvalue weighted by Crippen LogP contribution is -2.67. The van der Waals surface area contributed by atoms with Crippen LogP contribution in [-0.4, -0.2) is 28.8 Å². The van der Waals surface area contributed by atoms with E-state index in [1.807, 2.05) is 44.2 Å². The minimum atomic E-state index is -0.599. The van der Waals surface area contributed by atoms with Crippen molar-refractivity contribution in [2.75, 3.05) is 6.54 Å². The number of benzene rings is 1. The van der Waals surface area contributed by atoms with Gasteiger partial charge in [-0.2, -0.15) is 0 Å². The van der Waals surface area contributed by atoms with E-state index in [9.17, 15) is 9.90 Å². The fourth-order valence-electron chi connectivity index (χ4n) is 13.3. The van der Waals surface area contributed by atoms with Crippen molar-refractivity contribution in [1.82, 2.24) is 5.32 Å². The van der Waals surface area contributed by atoms with Crippen LogP contribution < -0.4 is 5.32 Å². The van der Waals surface area contributed by atoms with Crippen LogP contribution in [0.25, 0.3) is 0 Å². The molecule has 4 heteroatoms. The summed E-state index contributed by atoms with van der Waals surface area (Å²) < 4.78 is 5.72. The molecule has 6 aliphatic carbocycles. The third-order valence-electron chi connectivity index (χ3n) is 16.1. The zero-order valence-electron chi connectivity index (χ0n) is 31.1. The number of fused-ring (bicyclic) bond motifs is 7. The number of carbonyl (C=O) groups excluding carboxylic acids is 1.